The number of fused-ring (bicyclic) bond motifs is 1. The van der Waals surface area contributed by atoms with Crippen LogP contribution in [-0.4, -0.2) is 111 Å². The normalized spacial score (nSPS) is 18.2. The van der Waals surface area contributed by atoms with Crippen LogP contribution in [0.2, 0.25) is 0 Å². The summed E-state index contributed by atoms with van der Waals surface area (Å²) in [5.74, 6) is 2.85. The predicted octanol–water partition coefficient (Wildman–Crippen LogP) is 6.92. The molecule has 1 aliphatic carbocycles. The number of nitrogens with zero attached hydrogens (tertiary/aromatic N) is 6. The summed E-state index contributed by atoms with van der Waals surface area (Å²) in [6.07, 6.45) is 12.7. The van der Waals surface area contributed by atoms with E-state index in [9.17, 15) is 9.18 Å². The van der Waals surface area contributed by atoms with Crippen LogP contribution in [0.3, 0.4) is 0 Å². The van der Waals surface area contributed by atoms with Crippen molar-refractivity contribution in [3.63, 3.8) is 0 Å². The Morgan fingerprint density at radius 1 is 1.16 bits per heavy atom. The first-order valence-corrected chi connectivity index (χ1v) is 21.8. The van der Waals surface area contributed by atoms with Gasteiger partial charge >= 0.3 is 178 Å². The van der Waals surface area contributed by atoms with Crippen molar-refractivity contribution in [1.82, 2.24) is 24.8 Å². The van der Waals surface area contributed by atoms with E-state index < -0.39 is 5.82 Å². The second-order valence-corrected chi connectivity index (χ2v) is 15.4. The summed E-state index contributed by atoms with van der Waals surface area (Å²) in [5.41, 5.74) is 2.89. The molecule has 12 heteroatoms. The first kappa shape index (κ1) is 37.7. The van der Waals surface area contributed by atoms with Gasteiger partial charge in [-0.15, -0.1) is 0 Å². The van der Waals surface area contributed by atoms with Crippen molar-refractivity contribution in [3.05, 3.63) is 65.6 Å². The topological polar surface area (TPSA) is 83.9 Å². The van der Waals surface area contributed by atoms with Crippen LogP contribution in [0.5, 0.6) is 17.2 Å². The Labute approximate surface area is 311 Å². The van der Waals surface area contributed by atoms with Gasteiger partial charge in [-0.3, -0.25) is 4.79 Å². The standard InChI is InChI=1S/C35H44FN6O3S.C2H6.Pb/c1-6-42(23(2)3)34(43)26-16-24(36)9-10-29(26)45-31-19-37-22-39-33(31)41-20-35(21-41)17-25(18-35)44-30-11-13-38-27-12-14-40(4)28(32(27)30)8-7-15-46-5;1-2;/h9-11,13,16,19,22-23,25,28H,4,6-8,12,14-15,17-18,20-21H2,1-3,5H3;1-2H3;. The van der Waals surface area contributed by atoms with Gasteiger partial charge in [0.2, 0.25) is 0 Å². The Kier molecular flexibility index (Phi) is 13.2. The molecule has 1 atom stereocenters. The van der Waals surface area contributed by atoms with Gasteiger partial charge in [0.05, 0.1) is 11.8 Å². The van der Waals surface area contributed by atoms with Gasteiger partial charge < -0.3 is 9.64 Å². The number of rotatable bonds is 13. The number of hydrogen-bond acceptors (Lipinski definition) is 9. The van der Waals surface area contributed by atoms with E-state index in [2.05, 4.69) is 32.1 Å². The second kappa shape index (κ2) is 17.1. The maximum atomic E-state index is 14.3. The van der Waals surface area contributed by atoms with Crippen molar-refractivity contribution < 1.29 is 18.7 Å². The zero-order chi connectivity index (χ0) is 35.1. The summed E-state index contributed by atoms with van der Waals surface area (Å²) in [6.45, 7) is 13.1. The molecule has 0 bridgehead atoms. The first-order valence-electron chi connectivity index (χ1n) is 17.6. The van der Waals surface area contributed by atoms with E-state index in [0.717, 1.165) is 76.8 Å². The van der Waals surface area contributed by atoms with E-state index in [1.54, 1.807) is 11.1 Å². The molecule has 49 heavy (non-hydrogen) atoms. The quantitative estimate of drug-likeness (QED) is 0.134. The molecule has 263 valence electrons. The van der Waals surface area contributed by atoms with Crippen molar-refractivity contribution in [2.24, 2.45) is 5.41 Å². The molecule has 2 aliphatic heterocycles. The Bertz CT molecular complexity index is 1570. The van der Waals surface area contributed by atoms with Crippen LogP contribution >= 0.6 is 11.8 Å². The van der Waals surface area contributed by atoms with Gasteiger partial charge in [-0.1, -0.05) is 13.8 Å². The molecular weight excluding hydrogens is 835 g/mol. The molecule has 1 saturated carbocycles. The van der Waals surface area contributed by atoms with Crippen LogP contribution in [0, 0.1) is 11.2 Å². The largest absolute Gasteiger partial charge is 0.0448 e. The number of aromatic nitrogens is 3. The van der Waals surface area contributed by atoms with Crippen molar-refractivity contribution in [1.29, 1.82) is 0 Å². The van der Waals surface area contributed by atoms with Gasteiger partial charge in [0.1, 0.15) is 17.9 Å². The number of ether oxygens (including phenoxy) is 2. The Morgan fingerprint density at radius 2 is 1.94 bits per heavy atom. The smallest absolute Gasteiger partial charge is 0.0263 e. The summed E-state index contributed by atoms with van der Waals surface area (Å²) in [4.78, 5) is 33.4. The number of carbonyl (C=O) groups excluding carboxylic acids is 1. The van der Waals surface area contributed by atoms with E-state index in [-0.39, 0.29) is 34.8 Å². The van der Waals surface area contributed by atoms with Crippen molar-refractivity contribution in [2.45, 2.75) is 84.9 Å². The fourth-order valence-electron chi connectivity index (χ4n) is 7.42. The molecule has 1 unspecified atom stereocenters. The van der Waals surface area contributed by atoms with Crippen LogP contribution in [0.15, 0.2) is 43.0 Å². The zero-order valence-corrected chi connectivity index (χ0v) is 34.4. The average molecular weight is 885 g/mol. The molecular formula is C37H50FN6O3PbS. The third-order valence-electron chi connectivity index (χ3n) is 9.71. The fraction of sp³-hybridized carbons (Fsp3) is 0.568. The summed E-state index contributed by atoms with van der Waals surface area (Å²) in [7, 11) is 0. The van der Waals surface area contributed by atoms with E-state index in [1.165, 1.54) is 52.1 Å². The maximum Gasteiger partial charge on any atom is 0.0263 e. The Balaban J connectivity index is 0.00000230. The summed E-state index contributed by atoms with van der Waals surface area (Å²) < 4.78 is 28.5. The SMILES string of the molecule is CC.CCN(C(=O)c1cc(F)ccc1Oc1cncnc1N1CC2(CC(Oc3ccnc4c3C(CCCSC)N([CH2][Pb])CC4)C2)C1)C(C)C. The number of hydrogen-bond donors (Lipinski definition) is 0. The van der Waals surface area contributed by atoms with Crippen molar-refractivity contribution in [3.8, 4) is 17.2 Å². The average Bonchev–Trinajstić information content (AvgIpc) is 3.07. The number of anilines is 1. The summed E-state index contributed by atoms with van der Waals surface area (Å²) >= 11 is 3.07. The van der Waals surface area contributed by atoms with Crippen LogP contribution < -0.4 is 14.4 Å². The second-order valence-electron chi connectivity index (χ2n) is 13.2. The Morgan fingerprint density at radius 3 is 2.63 bits per heavy atom. The van der Waals surface area contributed by atoms with Gasteiger partial charge in [-0.05, 0) is 39.0 Å². The number of carbonyl (C=O) groups is 1. The molecule has 3 aromatic rings. The molecule has 6 rings (SSSR count). The molecule has 1 aromatic carbocycles. The third-order valence-corrected chi connectivity index (χ3v) is 12.0. The summed E-state index contributed by atoms with van der Waals surface area (Å²) in [5, 5.41) is 0. The van der Waals surface area contributed by atoms with Gasteiger partial charge in [-0.2, -0.15) is 0 Å². The Hall–Kier alpha value is -2.52. The van der Waals surface area contributed by atoms with Crippen LogP contribution in [0.4, 0.5) is 10.2 Å². The molecule has 3 aliphatic rings. The number of thioether (sulfide) groups is 1. The number of halogens is 1. The third kappa shape index (κ3) is 8.35. The van der Waals surface area contributed by atoms with Crippen LogP contribution in [0.1, 0.15) is 88.0 Å². The monoisotopic (exact) mass is 885 g/mol. The molecule has 3 radical (unpaired) electrons. The number of pyridine rings is 1. The predicted molar refractivity (Wildman–Crippen MR) is 196 cm³/mol. The first-order chi connectivity index (χ1) is 23.8. The van der Waals surface area contributed by atoms with Gasteiger partial charge in [0.25, 0.3) is 5.91 Å². The van der Waals surface area contributed by atoms with Gasteiger partial charge in [0, 0.05) is 12.6 Å². The molecule has 0 N–H and O–H groups in total. The van der Waals surface area contributed by atoms with Crippen molar-refractivity contribution in [2.75, 3.05) is 47.2 Å². The van der Waals surface area contributed by atoms with E-state index in [0.29, 0.717) is 24.2 Å². The fourth-order valence-corrected chi connectivity index (χ4v) is 9.34. The zero-order valence-electron chi connectivity index (χ0n) is 29.7. The van der Waals surface area contributed by atoms with E-state index >= 15 is 0 Å². The minimum Gasteiger partial charge on any atom is -0.0448 e. The van der Waals surface area contributed by atoms with Crippen LogP contribution in [-0.2, 0) is 6.42 Å². The maximum absolute atomic E-state index is 14.3. The van der Waals surface area contributed by atoms with E-state index in [4.69, 9.17) is 14.5 Å². The van der Waals surface area contributed by atoms with Crippen LogP contribution in [0.25, 0.3) is 0 Å². The molecule has 9 nitrogen and oxygen atoms in total. The molecule has 4 heterocycles. The summed E-state index contributed by atoms with van der Waals surface area (Å²) in [6, 6.07) is 6.49. The van der Waals surface area contributed by atoms with Crippen molar-refractivity contribution >= 4 is 49.3 Å². The molecule has 1 amide bonds. The van der Waals surface area contributed by atoms with Gasteiger partial charge in [-0.25, -0.2) is 14.4 Å². The molecule has 2 fully saturated rings. The number of benzene rings is 1. The molecule has 1 spiro atoms. The van der Waals surface area contributed by atoms with E-state index in [1.807, 2.05) is 52.6 Å². The molecule has 2 aromatic heterocycles. The number of amides is 1. The van der Waals surface area contributed by atoms with Gasteiger partial charge in [0.15, 0.2) is 5.75 Å². The minimum absolute atomic E-state index is 0.0327. The molecule has 1 saturated heterocycles. The minimum atomic E-state index is -0.487.